The summed E-state index contributed by atoms with van der Waals surface area (Å²) in [6.07, 6.45) is 5.43. The molecule has 5 nitrogen and oxygen atoms in total. The van der Waals surface area contributed by atoms with E-state index >= 15 is 0 Å². The summed E-state index contributed by atoms with van der Waals surface area (Å²) in [5, 5.41) is 0. The lowest BCUT2D eigenvalue weighted by atomic mass is 10.1. The second-order valence-electron chi connectivity index (χ2n) is 6.73. The van der Waals surface area contributed by atoms with E-state index in [1.165, 1.54) is 31.9 Å². The number of amides is 1. The van der Waals surface area contributed by atoms with Gasteiger partial charge in [-0.1, -0.05) is 12.1 Å². The number of benzene rings is 1. The van der Waals surface area contributed by atoms with Crippen LogP contribution in [0, 0.1) is 0 Å². The highest BCUT2D eigenvalue weighted by Gasteiger charge is 2.16. The van der Waals surface area contributed by atoms with E-state index in [0.717, 1.165) is 18.7 Å². The molecule has 0 saturated carbocycles. The third-order valence-electron chi connectivity index (χ3n) is 4.74. The molecule has 25 heavy (non-hydrogen) atoms. The van der Waals surface area contributed by atoms with Crippen LogP contribution in [-0.2, 0) is 6.54 Å². The maximum Gasteiger partial charge on any atom is 0.270 e. The molecule has 1 N–H and O–H groups in total. The molecule has 2 aromatic rings. The van der Waals surface area contributed by atoms with E-state index in [9.17, 15) is 9.59 Å². The molecule has 1 aromatic carbocycles. The van der Waals surface area contributed by atoms with Gasteiger partial charge in [0.15, 0.2) is 5.78 Å². The monoisotopic (exact) mass is 339 g/mol. The van der Waals surface area contributed by atoms with Gasteiger partial charge in [0.25, 0.3) is 5.91 Å². The fourth-order valence-electron chi connectivity index (χ4n) is 3.24. The first-order valence-electron chi connectivity index (χ1n) is 8.83. The Labute approximate surface area is 148 Å². The third-order valence-corrected chi connectivity index (χ3v) is 4.74. The molecule has 0 spiro atoms. The van der Waals surface area contributed by atoms with Crippen LogP contribution in [0.1, 0.15) is 52.6 Å². The number of carbonyl (C=O) groups is 2. The number of nitrogens with one attached hydrogen (secondary N) is 1. The minimum absolute atomic E-state index is 0.0498. The van der Waals surface area contributed by atoms with Crippen molar-refractivity contribution in [3.63, 3.8) is 0 Å². The first-order valence-corrected chi connectivity index (χ1v) is 8.83. The summed E-state index contributed by atoms with van der Waals surface area (Å²) in [6, 6.07) is 10.1. The molecular formula is C20H25N3O2. The molecule has 0 aliphatic carbocycles. The summed E-state index contributed by atoms with van der Waals surface area (Å²) in [5.74, 6) is -0.168. The number of anilines is 1. The summed E-state index contributed by atoms with van der Waals surface area (Å²) in [5.41, 5.74) is 3.32. The normalized spacial score (nSPS) is 14.4. The fraction of sp³-hybridized carbons (Fsp3) is 0.400. The van der Waals surface area contributed by atoms with Crippen molar-refractivity contribution in [1.82, 2.24) is 9.88 Å². The van der Waals surface area contributed by atoms with Crippen molar-refractivity contribution in [2.75, 3.05) is 25.0 Å². The van der Waals surface area contributed by atoms with Crippen molar-refractivity contribution in [2.45, 2.75) is 32.7 Å². The molecule has 0 radical (unpaired) electrons. The highest BCUT2D eigenvalue weighted by molar-refractivity contribution is 5.98. The Kier molecular flexibility index (Phi) is 5.22. The quantitative estimate of drug-likeness (QED) is 0.849. The predicted octanol–water partition coefficient (Wildman–Crippen LogP) is 3.48. The van der Waals surface area contributed by atoms with Gasteiger partial charge < -0.3 is 14.8 Å². The number of nitrogens with zero attached hydrogens (tertiary/aromatic N) is 2. The Morgan fingerprint density at radius 2 is 1.80 bits per heavy atom. The number of ketones is 1. The molecule has 1 fully saturated rings. The molecule has 1 amide bonds. The van der Waals surface area contributed by atoms with Crippen LogP contribution in [0.4, 0.5) is 5.69 Å². The molecule has 1 aromatic heterocycles. The second-order valence-corrected chi connectivity index (χ2v) is 6.73. The van der Waals surface area contributed by atoms with Crippen LogP contribution in [0.25, 0.3) is 0 Å². The standard InChI is InChI=1S/C20H25N3O2/c1-15(24)17-12-19(21-13-17)20(25)22(2)14-16-6-8-18(9-7-16)23-10-4-3-5-11-23/h6-9,12-13,21H,3-5,10-11,14H2,1-2H3. The Morgan fingerprint density at radius 1 is 1.12 bits per heavy atom. The number of carbonyl (C=O) groups excluding carboxylic acids is 2. The largest absolute Gasteiger partial charge is 0.372 e. The van der Waals surface area contributed by atoms with Crippen molar-refractivity contribution < 1.29 is 9.59 Å². The number of aromatic nitrogens is 1. The zero-order valence-corrected chi connectivity index (χ0v) is 14.9. The van der Waals surface area contributed by atoms with Crippen molar-refractivity contribution >= 4 is 17.4 Å². The van der Waals surface area contributed by atoms with E-state index in [1.54, 1.807) is 24.2 Å². The van der Waals surface area contributed by atoms with Crippen LogP contribution in [0.2, 0.25) is 0 Å². The molecule has 2 heterocycles. The summed E-state index contributed by atoms with van der Waals surface area (Å²) < 4.78 is 0. The van der Waals surface area contributed by atoms with Gasteiger partial charge in [-0.3, -0.25) is 9.59 Å². The Bertz CT molecular complexity index is 743. The smallest absolute Gasteiger partial charge is 0.270 e. The lowest BCUT2D eigenvalue weighted by Gasteiger charge is -2.29. The van der Waals surface area contributed by atoms with Crippen molar-refractivity contribution in [1.29, 1.82) is 0 Å². The SMILES string of the molecule is CC(=O)c1c[nH]c(C(=O)N(C)Cc2ccc(N3CCCCC3)cc2)c1. The zero-order valence-electron chi connectivity index (χ0n) is 14.9. The van der Waals surface area contributed by atoms with Gasteiger partial charge in [-0.25, -0.2) is 0 Å². The average molecular weight is 339 g/mol. The molecule has 5 heteroatoms. The van der Waals surface area contributed by atoms with Crippen LogP contribution in [0.5, 0.6) is 0 Å². The van der Waals surface area contributed by atoms with Gasteiger partial charge in [-0.2, -0.15) is 0 Å². The molecule has 1 aliphatic heterocycles. The molecule has 3 rings (SSSR count). The number of H-pyrrole nitrogens is 1. The third kappa shape index (κ3) is 4.10. The number of hydrogen-bond donors (Lipinski definition) is 1. The first kappa shape index (κ1) is 17.3. The number of aromatic amines is 1. The highest BCUT2D eigenvalue weighted by atomic mass is 16.2. The van der Waals surface area contributed by atoms with E-state index < -0.39 is 0 Å². The van der Waals surface area contributed by atoms with Crippen molar-refractivity contribution in [2.24, 2.45) is 0 Å². The molecule has 1 saturated heterocycles. The summed E-state index contributed by atoms with van der Waals surface area (Å²) >= 11 is 0. The van der Waals surface area contributed by atoms with Crippen LogP contribution in [-0.4, -0.2) is 41.7 Å². The molecule has 1 aliphatic rings. The Hall–Kier alpha value is -2.56. The van der Waals surface area contributed by atoms with Crippen LogP contribution < -0.4 is 4.90 Å². The lowest BCUT2D eigenvalue weighted by Crippen LogP contribution is -2.29. The van der Waals surface area contributed by atoms with Crippen LogP contribution in [0.15, 0.2) is 36.5 Å². The number of piperidine rings is 1. The van der Waals surface area contributed by atoms with Gasteiger partial charge in [0.2, 0.25) is 0 Å². The van der Waals surface area contributed by atoms with Gasteiger partial charge in [-0.15, -0.1) is 0 Å². The molecule has 0 bridgehead atoms. The number of rotatable bonds is 5. The fourth-order valence-corrected chi connectivity index (χ4v) is 3.24. The van der Waals surface area contributed by atoms with Gasteiger partial charge in [0, 0.05) is 44.1 Å². The Morgan fingerprint density at radius 3 is 2.40 bits per heavy atom. The van der Waals surface area contributed by atoms with Crippen LogP contribution in [0.3, 0.4) is 0 Å². The van der Waals surface area contributed by atoms with Gasteiger partial charge in [0.1, 0.15) is 5.69 Å². The van der Waals surface area contributed by atoms with Crippen molar-refractivity contribution in [3.05, 3.63) is 53.3 Å². The molecule has 0 atom stereocenters. The minimum atomic E-state index is -0.118. The van der Waals surface area contributed by atoms with E-state index in [2.05, 4.69) is 34.1 Å². The van der Waals surface area contributed by atoms with E-state index in [-0.39, 0.29) is 11.7 Å². The highest BCUT2D eigenvalue weighted by Crippen LogP contribution is 2.21. The zero-order chi connectivity index (χ0) is 17.8. The maximum atomic E-state index is 12.5. The average Bonchev–Trinajstić information content (AvgIpc) is 3.13. The van der Waals surface area contributed by atoms with Crippen molar-refractivity contribution in [3.8, 4) is 0 Å². The van der Waals surface area contributed by atoms with Gasteiger partial charge in [0.05, 0.1) is 0 Å². The summed E-state index contributed by atoms with van der Waals surface area (Å²) in [4.78, 5) is 30.8. The summed E-state index contributed by atoms with van der Waals surface area (Å²) in [6.45, 7) is 4.28. The number of Topliss-reactive ketones (excluding diaryl/α,β-unsaturated/α-hetero) is 1. The van der Waals surface area contributed by atoms with E-state index in [4.69, 9.17) is 0 Å². The van der Waals surface area contributed by atoms with Crippen LogP contribution >= 0.6 is 0 Å². The van der Waals surface area contributed by atoms with E-state index in [1.807, 2.05) is 0 Å². The molecular weight excluding hydrogens is 314 g/mol. The molecule has 132 valence electrons. The number of hydrogen-bond acceptors (Lipinski definition) is 3. The summed E-state index contributed by atoms with van der Waals surface area (Å²) in [7, 11) is 1.77. The second kappa shape index (κ2) is 7.55. The predicted molar refractivity (Wildman–Crippen MR) is 99.1 cm³/mol. The van der Waals surface area contributed by atoms with Gasteiger partial charge >= 0.3 is 0 Å². The first-order chi connectivity index (χ1) is 12.0. The minimum Gasteiger partial charge on any atom is -0.372 e. The Balaban J connectivity index is 1.62. The lowest BCUT2D eigenvalue weighted by molar-refractivity contribution is 0.0780. The maximum absolute atomic E-state index is 12.5. The van der Waals surface area contributed by atoms with E-state index in [0.29, 0.717) is 17.8 Å². The topological polar surface area (TPSA) is 56.4 Å². The van der Waals surface area contributed by atoms with Gasteiger partial charge in [-0.05, 0) is 49.9 Å². The molecule has 0 unspecified atom stereocenters.